The van der Waals surface area contributed by atoms with Crippen molar-refractivity contribution < 1.29 is 17.5 Å². The van der Waals surface area contributed by atoms with Gasteiger partial charge in [-0.05, 0) is 55.2 Å². The van der Waals surface area contributed by atoms with Gasteiger partial charge >= 0.3 is 0 Å². The van der Waals surface area contributed by atoms with Gasteiger partial charge < -0.3 is 4.74 Å². The molecule has 2 aromatic carbocycles. The molecule has 1 saturated heterocycles. The highest BCUT2D eigenvalue weighted by Crippen LogP contribution is 2.26. The third-order valence-corrected chi connectivity index (χ3v) is 6.12. The van der Waals surface area contributed by atoms with E-state index in [1.165, 1.54) is 28.6 Å². The van der Waals surface area contributed by atoms with E-state index in [0.29, 0.717) is 19.7 Å². The molecule has 0 aromatic heterocycles. The van der Waals surface area contributed by atoms with Crippen molar-refractivity contribution >= 4 is 10.0 Å². The number of rotatable bonds is 6. The van der Waals surface area contributed by atoms with Crippen LogP contribution in [0.25, 0.3) is 0 Å². The first-order chi connectivity index (χ1) is 11.6. The highest BCUT2D eigenvalue weighted by atomic mass is 32.2. The predicted molar refractivity (Wildman–Crippen MR) is 89.8 cm³/mol. The van der Waals surface area contributed by atoms with E-state index >= 15 is 0 Å². The average molecular weight is 349 g/mol. The minimum atomic E-state index is -3.54. The van der Waals surface area contributed by atoms with Gasteiger partial charge in [0, 0.05) is 13.1 Å². The van der Waals surface area contributed by atoms with Crippen LogP contribution in [0.3, 0.4) is 0 Å². The molecular formula is C18H20FNO3S. The molecule has 128 valence electrons. The number of nitrogens with zero attached hydrogens (tertiary/aromatic N) is 1. The zero-order valence-corrected chi connectivity index (χ0v) is 14.1. The minimum Gasteiger partial charge on any atom is -0.494 e. The fraction of sp³-hybridized carbons (Fsp3) is 0.333. The highest BCUT2D eigenvalue weighted by Gasteiger charge is 2.32. The van der Waals surface area contributed by atoms with Crippen molar-refractivity contribution in [3.05, 3.63) is 60.4 Å². The summed E-state index contributed by atoms with van der Waals surface area (Å²) in [6, 6.07) is 14.6. The first kappa shape index (κ1) is 16.9. The quantitative estimate of drug-likeness (QED) is 0.804. The van der Waals surface area contributed by atoms with Crippen LogP contribution in [0, 0.1) is 11.7 Å². The molecule has 3 rings (SSSR count). The smallest absolute Gasteiger partial charge is 0.243 e. The minimum absolute atomic E-state index is 0.144. The topological polar surface area (TPSA) is 46.6 Å². The number of benzene rings is 2. The van der Waals surface area contributed by atoms with E-state index in [1.807, 2.05) is 30.3 Å². The van der Waals surface area contributed by atoms with E-state index in [-0.39, 0.29) is 10.8 Å². The van der Waals surface area contributed by atoms with Gasteiger partial charge in [0.05, 0.1) is 11.5 Å². The molecule has 1 unspecified atom stereocenters. The molecular weight excluding hydrogens is 329 g/mol. The Kier molecular flexibility index (Phi) is 5.16. The molecule has 2 aromatic rings. The summed E-state index contributed by atoms with van der Waals surface area (Å²) >= 11 is 0. The van der Waals surface area contributed by atoms with Crippen molar-refractivity contribution in [2.75, 3.05) is 19.7 Å². The molecule has 1 atom stereocenters. The predicted octanol–water partition coefficient (Wildman–Crippen LogP) is 3.31. The van der Waals surface area contributed by atoms with E-state index in [2.05, 4.69) is 0 Å². The lowest BCUT2D eigenvalue weighted by Crippen LogP contribution is -2.29. The summed E-state index contributed by atoms with van der Waals surface area (Å²) in [7, 11) is -3.54. The second-order valence-corrected chi connectivity index (χ2v) is 7.86. The van der Waals surface area contributed by atoms with Crippen LogP contribution < -0.4 is 4.74 Å². The Hall–Kier alpha value is -1.92. The van der Waals surface area contributed by atoms with Crippen molar-refractivity contribution in [3.63, 3.8) is 0 Å². The molecule has 0 aliphatic carbocycles. The number of ether oxygens (including phenoxy) is 1. The maximum absolute atomic E-state index is 13.0. The van der Waals surface area contributed by atoms with Gasteiger partial charge in [0.25, 0.3) is 0 Å². The largest absolute Gasteiger partial charge is 0.494 e. The van der Waals surface area contributed by atoms with E-state index in [4.69, 9.17) is 4.74 Å². The maximum Gasteiger partial charge on any atom is 0.243 e. The third kappa shape index (κ3) is 3.94. The Labute approximate surface area is 141 Å². The van der Waals surface area contributed by atoms with Crippen LogP contribution in [0.2, 0.25) is 0 Å². The molecule has 0 N–H and O–H groups in total. The van der Waals surface area contributed by atoms with Crippen LogP contribution in [-0.4, -0.2) is 32.4 Å². The average Bonchev–Trinajstić information content (AvgIpc) is 3.06. The first-order valence-electron chi connectivity index (χ1n) is 7.99. The van der Waals surface area contributed by atoms with E-state index in [1.54, 1.807) is 0 Å². The molecule has 1 fully saturated rings. The lowest BCUT2D eigenvalue weighted by Gasteiger charge is -2.17. The van der Waals surface area contributed by atoms with Gasteiger partial charge in [0.2, 0.25) is 10.0 Å². The summed E-state index contributed by atoms with van der Waals surface area (Å²) in [4.78, 5) is 0.144. The van der Waals surface area contributed by atoms with Crippen LogP contribution in [0.1, 0.15) is 12.8 Å². The van der Waals surface area contributed by atoms with Crippen LogP contribution in [-0.2, 0) is 10.0 Å². The molecule has 1 heterocycles. The van der Waals surface area contributed by atoms with E-state index in [9.17, 15) is 12.8 Å². The fourth-order valence-electron chi connectivity index (χ4n) is 2.87. The number of sulfonamides is 1. The monoisotopic (exact) mass is 349 g/mol. The van der Waals surface area contributed by atoms with Crippen molar-refractivity contribution in [2.45, 2.75) is 17.7 Å². The molecule has 1 aliphatic heterocycles. The molecule has 0 radical (unpaired) electrons. The summed E-state index contributed by atoms with van der Waals surface area (Å²) < 4.78 is 45.2. The van der Waals surface area contributed by atoms with Gasteiger partial charge in [-0.15, -0.1) is 0 Å². The molecule has 0 bridgehead atoms. The van der Waals surface area contributed by atoms with Crippen molar-refractivity contribution in [3.8, 4) is 5.75 Å². The van der Waals surface area contributed by atoms with Gasteiger partial charge in [-0.1, -0.05) is 18.2 Å². The molecule has 0 amide bonds. The van der Waals surface area contributed by atoms with Gasteiger partial charge in [0.15, 0.2) is 0 Å². The summed E-state index contributed by atoms with van der Waals surface area (Å²) in [6.07, 6.45) is 1.63. The number of para-hydroxylation sites is 1. The van der Waals surface area contributed by atoms with Crippen LogP contribution >= 0.6 is 0 Å². The molecule has 0 saturated carbocycles. The lowest BCUT2D eigenvalue weighted by atomic mass is 10.1. The molecule has 4 nitrogen and oxygen atoms in total. The Bertz CT molecular complexity index is 763. The second-order valence-electron chi connectivity index (χ2n) is 5.92. The molecule has 6 heteroatoms. The highest BCUT2D eigenvalue weighted by molar-refractivity contribution is 7.89. The fourth-order valence-corrected chi connectivity index (χ4v) is 4.40. The zero-order chi connectivity index (χ0) is 17.0. The van der Waals surface area contributed by atoms with E-state index < -0.39 is 15.8 Å². The van der Waals surface area contributed by atoms with Crippen molar-refractivity contribution in [1.82, 2.24) is 4.31 Å². The Morgan fingerprint density at radius 2 is 1.79 bits per heavy atom. The molecule has 24 heavy (non-hydrogen) atoms. The maximum atomic E-state index is 13.0. The third-order valence-electron chi connectivity index (χ3n) is 4.24. The normalized spacial score (nSPS) is 18.6. The Morgan fingerprint density at radius 3 is 2.50 bits per heavy atom. The zero-order valence-electron chi connectivity index (χ0n) is 13.3. The van der Waals surface area contributed by atoms with Crippen LogP contribution in [0.15, 0.2) is 59.5 Å². The lowest BCUT2D eigenvalue weighted by molar-refractivity contribution is 0.280. The number of hydrogen-bond donors (Lipinski definition) is 0. The van der Waals surface area contributed by atoms with Crippen molar-refractivity contribution in [1.29, 1.82) is 0 Å². The Morgan fingerprint density at radius 1 is 1.08 bits per heavy atom. The summed E-state index contributed by atoms with van der Waals surface area (Å²) in [5, 5.41) is 0. The first-order valence-corrected chi connectivity index (χ1v) is 9.43. The number of hydrogen-bond acceptors (Lipinski definition) is 3. The summed E-state index contributed by atoms with van der Waals surface area (Å²) in [5.41, 5.74) is 0. The van der Waals surface area contributed by atoms with E-state index in [0.717, 1.165) is 18.6 Å². The van der Waals surface area contributed by atoms with Crippen LogP contribution in [0.4, 0.5) is 4.39 Å². The Balaban J connectivity index is 1.54. The van der Waals surface area contributed by atoms with Crippen molar-refractivity contribution in [2.24, 2.45) is 5.92 Å². The summed E-state index contributed by atoms with van der Waals surface area (Å²) in [6.45, 7) is 1.55. The summed E-state index contributed by atoms with van der Waals surface area (Å²) in [5.74, 6) is 0.668. The molecule has 1 aliphatic rings. The van der Waals surface area contributed by atoms with Gasteiger partial charge in [0.1, 0.15) is 11.6 Å². The van der Waals surface area contributed by atoms with Gasteiger partial charge in [-0.3, -0.25) is 0 Å². The standard InChI is InChI=1S/C18H20FNO3S/c19-16-6-8-18(9-7-16)24(21,22)20-12-10-15(14-20)11-13-23-17-4-2-1-3-5-17/h1-9,15H,10-14H2. The van der Waals surface area contributed by atoms with Crippen LogP contribution in [0.5, 0.6) is 5.75 Å². The van der Waals surface area contributed by atoms with Gasteiger partial charge in [-0.2, -0.15) is 4.31 Å². The van der Waals surface area contributed by atoms with Gasteiger partial charge in [-0.25, -0.2) is 12.8 Å². The SMILES string of the molecule is O=S(=O)(c1ccc(F)cc1)N1CCC(CCOc2ccccc2)C1. The second kappa shape index (κ2) is 7.32. The molecule has 0 spiro atoms. The number of halogens is 1.